The standard InChI is InChI=1S/C10H10ClF4NO2/c11-7-1-5(10(13,14)15)2-8(9(7)12)16-3-6(18)4-17/h1-2,6,16-18H,3-4H2. The molecule has 8 heteroatoms. The topological polar surface area (TPSA) is 52.5 Å². The van der Waals surface area contributed by atoms with E-state index in [1.807, 2.05) is 0 Å². The Morgan fingerprint density at radius 3 is 2.44 bits per heavy atom. The molecule has 102 valence electrons. The molecule has 0 saturated heterocycles. The predicted molar refractivity (Wildman–Crippen MR) is 58.0 cm³/mol. The SMILES string of the molecule is OCC(O)CNc1cc(C(F)(F)F)cc(Cl)c1F. The van der Waals surface area contributed by atoms with E-state index in [9.17, 15) is 17.6 Å². The third kappa shape index (κ3) is 3.72. The highest BCUT2D eigenvalue weighted by molar-refractivity contribution is 6.31. The van der Waals surface area contributed by atoms with Crippen LogP contribution in [0.4, 0.5) is 23.2 Å². The first-order chi connectivity index (χ1) is 8.25. The van der Waals surface area contributed by atoms with Crippen molar-refractivity contribution >= 4 is 17.3 Å². The van der Waals surface area contributed by atoms with Gasteiger partial charge in [0.25, 0.3) is 0 Å². The fourth-order valence-corrected chi connectivity index (χ4v) is 1.39. The van der Waals surface area contributed by atoms with Crippen molar-refractivity contribution in [3.8, 4) is 0 Å². The van der Waals surface area contributed by atoms with Crippen molar-refractivity contribution in [2.24, 2.45) is 0 Å². The normalized spacial score (nSPS) is 13.5. The van der Waals surface area contributed by atoms with Gasteiger partial charge in [0.1, 0.15) is 0 Å². The minimum absolute atomic E-state index is 0.301. The lowest BCUT2D eigenvalue weighted by Gasteiger charge is -2.14. The highest BCUT2D eigenvalue weighted by Gasteiger charge is 2.32. The summed E-state index contributed by atoms with van der Waals surface area (Å²) >= 11 is 5.35. The van der Waals surface area contributed by atoms with E-state index >= 15 is 0 Å². The Balaban J connectivity index is 3.00. The molecule has 0 aromatic heterocycles. The zero-order valence-electron chi connectivity index (χ0n) is 8.93. The smallest absolute Gasteiger partial charge is 0.394 e. The van der Waals surface area contributed by atoms with Crippen molar-refractivity contribution in [2.75, 3.05) is 18.5 Å². The molecular weight excluding hydrogens is 278 g/mol. The molecule has 0 radical (unpaired) electrons. The van der Waals surface area contributed by atoms with Crippen LogP contribution in [0.2, 0.25) is 5.02 Å². The van der Waals surface area contributed by atoms with Crippen LogP contribution in [-0.4, -0.2) is 29.5 Å². The van der Waals surface area contributed by atoms with E-state index in [2.05, 4.69) is 5.32 Å². The molecule has 1 atom stereocenters. The number of nitrogens with one attached hydrogen (secondary N) is 1. The first kappa shape index (κ1) is 15.0. The molecule has 0 amide bonds. The van der Waals surface area contributed by atoms with Gasteiger partial charge in [-0.2, -0.15) is 13.2 Å². The van der Waals surface area contributed by atoms with Crippen LogP contribution < -0.4 is 5.32 Å². The first-order valence-electron chi connectivity index (χ1n) is 4.84. The van der Waals surface area contributed by atoms with Gasteiger partial charge >= 0.3 is 6.18 Å². The van der Waals surface area contributed by atoms with E-state index in [1.165, 1.54) is 0 Å². The average Bonchev–Trinajstić information content (AvgIpc) is 2.28. The highest BCUT2D eigenvalue weighted by atomic mass is 35.5. The van der Waals surface area contributed by atoms with Gasteiger partial charge in [0.05, 0.1) is 29.0 Å². The van der Waals surface area contributed by atoms with E-state index in [4.69, 9.17) is 21.8 Å². The maximum absolute atomic E-state index is 13.4. The lowest BCUT2D eigenvalue weighted by atomic mass is 10.2. The van der Waals surface area contributed by atoms with Gasteiger partial charge in [-0.25, -0.2) is 4.39 Å². The third-order valence-corrected chi connectivity index (χ3v) is 2.37. The van der Waals surface area contributed by atoms with E-state index < -0.39 is 41.0 Å². The van der Waals surface area contributed by atoms with E-state index in [0.717, 1.165) is 0 Å². The summed E-state index contributed by atoms with van der Waals surface area (Å²) in [4.78, 5) is 0. The summed E-state index contributed by atoms with van der Waals surface area (Å²) in [5, 5.41) is 19.1. The van der Waals surface area contributed by atoms with Crippen LogP contribution in [0.1, 0.15) is 5.56 Å². The van der Waals surface area contributed by atoms with Crippen molar-refractivity contribution in [1.82, 2.24) is 0 Å². The number of benzene rings is 1. The molecule has 1 rings (SSSR count). The number of aliphatic hydroxyl groups excluding tert-OH is 2. The molecule has 1 aromatic rings. The summed E-state index contributed by atoms with van der Waals surface area (Å²) in [6.07, 6.45) is -5.86. The zero-order valence-corrected chi connectivity index (χ0v) is 9.69. The van der Waals surface area contributed by atoms with Gasteiger partial charge < -0.3 is 15.5 Å². The van der Waals surface area contributed by atoms with Crippen LogP contribution in [0.15, 0.2) is 12.1 Å². The maximum Gasteiger partial charge on any atom is 0.416 e. The maximum atomic E-state index is 13.4. The molecular formula is C10H10ClF4NO2. The summed E-state index contributed by atoms with van der Waals surface area (Å²) in [7, 11) is 0. The fourth-order valence-electron chi connectivity index (χ4n) is 1.17. The number of rotatable bonds is 4. The molecule has 0 spiro atoms. The van der Waals surface area contributed by atoms with Crippen molar-refractivity contribution in [3.05, 3.63) is 28.5 Å². The van der Waals surface area contributed by atoms with Gasteiger partial charge in [-0.1, -0.05) is 11.6 Å². The molecule has 0 fully saturated rings. The lowest BCUT2D eigenvalue weighted by Crippen LogP contribution is -2.23. The Bertz CT molecular complexity index is 425. The van der Waals surface area contributed by atoms with Crippen LogP contribution >= 0.6 is 11.6 Å². The minimum atomic E-state index is -4.65. The number of aliphatic hydroxyl groups is 2. The highest BCUT2D eigenvalue weighted by Crippen LogP contribution is 2.35. The van der Waals surface area contributed by atoms with Crippen LogP contribution in [-0.2, 0) is 6.18 Å². The average molecular weight is 288 g/mol. The molecule has 3 N–H and O–H groups in total. The Hall–Kier alpha value is -1.05. The van der Waals surface area contributed by atoms with E-state index in [0.29, 0.717) is 12.1 Å². The lowest BCUT2D eigenvalue weighted by molar-refractivity contribution is -0.137. The monoisotopic (exact) mass is 287 g/mol. The summed E-state index contributed by atoms with van der Waals surface area (Å²) < 4.78 is 50.8. The van der Waals surface area contributed by atoms with E-state index in [-0.39, 0.29) is 6.54 Å². The zero-order chi connectivity index (χ0) is 13.9. The fraction of sp³-hybridized carbons (Fsp3) is 0.400. The number of halogens is 5. The molecule has 1 unspecified atom stereocenters. The van der Waals surface area contributed by atoms with Gasteiger partial charge in [-0.15, -0.1) is 0 Å². The summed E-state index contributed by atoms with van der Waals surface area (Å²) in [5.74, 6) is -1.05. The molecule has 1 aromatic carbocycles. The number of hydrogen-bond donors (Lipinski definition) is 3. The van der Waals surface area contributed by atoms with Gasteiger partial charge in [0.15, 0.2) is 5.82 Å². The van der Waals surface area contributed by atoms with Crippen LogP contribution in [0.5, 0.6) is 0 Å². The second-order valence-electron chi connectivity index (χ2n) is 3.53. The molecule has 0 aliphatic carbocycles. The van der Waals surface area contributed by atoms with Crippen molar-refractivity contribution in [1.29, 1.82) is 0 Å². The Labute approximate surface area is 105 Å². The molecule has 18 heavy (non-hydrogen) atoms. The second kappa shape index (κ2) is 5.73. The second-order valence-corrected chi connectivity index (χ2v) is 3.94. The van der Waals surface area contributed by atoms with Crippen molar-refractivity contribution in [3.63, 3.8) is 0 Å². The summed E-state index contributed by atoms with van der Waals surface area (Å²) in [5.41, 5.74) is -1.59. The molecule has 0 aliphatic heterocycles. The Kier molecular flexibility index (Phi) is 4.78. The quantitative estimate of drug-likeness (QED) is 0.745. The minimum Gasteiger partial charge on any atom is -0.394 e. The van der Waals surface area contributed by atoms with Crippen molar-refractivity contribution < 1.29 is 27.8 Å². The molecule has 0 bridgehead atoms. The van der Waals surface area contributed by atoms with Gasteiger partial charge in [-0.3, -0.25) is 0 Å². The molecule has 3 nitrogen and oxygen atoms in total. The molecule has 0 saturated carbocycles. The van der Waals surface area contributed by atoms with Gasteiger partial charge in [0, 0.05) is 6.54 Å². The van der Waals surface area contributed by atoms with Crippen LogP contribution in [0, 0.1) is 5.82 Å². The Morgan fingerprint density at radius 2 is 1.94 bits per heavy atom. The first-order valence-corrected chi connectivity index (χ1v) is 5.22. The van der Waals surface area contributed by atoms with Crippen LogP contribution in [0.25, 0.3) is 0 Å². The number of anilines is 1. The van der Waals surface area contributed by atoms with Crippen molar-refractivity contribution in [2.45, 2.75) is 12.3 Å². The molecule has 0 aliphatic rings. The van der Waals surface area contributed by atoms with Gasteiger partial charge in [0.2, 0.25) is 0 Å². The third-order valence-electron chi connectivity index (χ3n) is 2.09. The summed E-state index contributed by atoms with van der Waals surface area (Å²) in [6, 6.07) is 1.02. The number of alkyl halides is 3. The largest absolute Gasteiger partial charge is 0.416 e. The van der Waals surface area contributed by atoms with E-state index in [1.54, 1.807) is 0 Å². The summed E-state index contributed by atoms with van der Waals surface area (Å²) in [6.45, 7) is -0.896. The predicted octanol–water partition coefficient (Wildman–Crippen LogP) is 2.26. The number of hydrogen-bond acceptors (Lipinski definition) is 3. The molecule has 0 heterocycles. The Morgan fingerprint density at radius 1 is 1.33 bits per heavy atom. The van der Waals surface area contributed by atoms with Gasteiger partial charge in [-0.05, 0) is 12.1 Å². The van der Waals surface area contributed by atoms with Crippen LogP contribution in [0.3, 0.4) is 0 Å².